The van der Waals surface area contributed by atoms with Crippen LogP contribution in [0.3, 0.4) is 0 Å². The first-order valence-electron chi connectivity index (χ1n) is 5.17. The van der Waals surface area contributed by atoms with Crippen molar-refractivity contribution in [2.75, 3.05) is 6.54 Å². The third-order valence-corrected chi connectivity index (χ3v) is 2.60. The number of aliphatic hydroxyl groups is 1. The number of rotatable bonds is 7. The third-order valence-electron chi connectivity index (χ3n) is 2.60. The third kappa shape index (κ3) is 5.19. The fraction of sp³-hybridized carbons (Fsp3) is 0.900. The Kier molecular flexibility index (Phi) is 5.72. The molecule has 1 unspecified atom stereocenters. The minimum absolute atomic E-state index is 0.0251. The smallest absolute Gasteiger partial charge is 0.218 e. The van der Waals surface area contributed by atoms with Crippen LogP contribution in [-0.4, -0.2) is 29.2 Å². The molecule has 14 heavy (non-hydrogen) atoms. The van der Waals surface area contributed by atoms with Crippen LogP contribution in [0.5, 0.6) is 0 Å². The average molecular weight is 202 g/mol. The molecule has 0 aromatic rings. The lowest BCUT2D eigenvalue weighted by Crippen LogP contribution is -2.43. The quantitative estimate of drug-likeness (QED) is 0.559. The van der Waals surface area contributed by atoms with Gasteiger partial charge in [-0.1, -0.05) is 13.8 Å². The van der Waals surface area contributed by atoms with Gasteiger partial charge in [-0.3, -0.25) is 4.79 Å². The van der Waals surface area contributed by atoms with Crippen LogP contribution in [0.25, 0.3) is 0 Å². The monoisotopic (exact) mass is 202 g/mol. The number of carbonyl (C=O) groups is 1. The molecule has 0 aliphatic rings. The Morgan fingerprint density at radius 2 is 2.00 bits per heavy atom. The van der Waals surface area contributed by atoms with Crippen LogP contribution in [0, 0.1) is 0 Å². The van der Waals surface area contributed by atoms with Gasteiger partial charge < -0.3 is 16.2 Å². The summed E-state index contributed by atoms with van der Waals surface area (Å²) in [6.45, 7) is 6.29. The molecule has 0 aliphatic heterocycles. The topological polar surface area (TPSA) is 75.3 Å². The normalized spacial score (nSPS) is 14.0. The van der Waals surface area contributed by atoms with E-state index in [4.69, 9.17) is 5.73 Å². The van der Waals surface area contributed by atoms with Crippen molar-refractivity contribution >= 4 is 5.91 Å². The SMILES string of the molecule is CCC(O)(CC)CNC(C)CC(N)=O. The molecule has 4 N–H and O–H groups in total. The number of nitrogens with one attached hydrogen (secondary N) is 1. The molecule has 0 aromatic carbocycles. The van der Waals surface area contributed by atoms with Gasteiger partial charge in [0.1, 0.15) is 0 Å². The molecule has 0 aliphatic carbocycles. The highest BCUT2D eigenvalue weighted by molar-refractivity contribution is 5.74. The van der Waals surface area contributed by atoms with Gasteiger partial charge in [0.25, 0.3) is 0 Å². The molecular formula is C10H22N2O2. The van der Waals surface area contributed by atoms with Crippen molar-refractivity contribution in [2.45, 2.75) is 51.7 Å². The highest BCUT2D eigenvalue weighted by Gasteiger charge is 2.22. The summed E-state index contributed by atoms with van der Waals surface area (Å²) in [5.41, 5.74) is 4.40. The molecule has 0 radical (unpaired) electrons. The van der Waals surface area contributed by atoms with Gasteiger partial charge >= 0.3 is 0 Å². The van der Waals surface area contributed by atoms with Crippen molar-refractivity contribution in [3.05, 3.63) is 0 Å². The van der Waals surface area contributed by atoms with Crippen LogP contribution in [0.1, 0.15) is 40.0 Å². The summed E-state index contributed by atoms with van der Waals surface area (Å²) in [5.74, 6) is -0.318. The van der Waals surface area contributed by atoms with Crippen LogP contribution in [0.4, 0.5) is 0 Å². The van der Waals surface area contributed by atoms with E-state index in [1.54, 1.807) is 0 Å². The lowest BCUT2D eigenvalue weighted by atomic mass is 9.97. The fourth-order valence-electron chi connectivity index (χ4n) is 1.24. The Labute approximate surface area is 85.9 Å². The van der Waals surface area contributed by atoms with Gasteiger partial charge in [0.2, 0.25) is 5.91 Å². The van der Waals surface area contributed by atoms with Gasteiger partial charge in [0.15, 0.2) is 0 Å². The number of hydrogen-bond donors (Lipinski definition) is 3. The highest BCUT2D eigenvalue weighted by atomic mass is 16.3. The summed E-state index contributed by atoms with van der Waals surface area (Å²) in [6.07, 6.45) is 1.73. The van der Waals surface area contributed by atoms with E-state index in [-0.39, 0.29) is 11.9 Å². The standard InChI is InChI=1S/C10H22N2O2/c1-4-10(14,5-2)7-12-8(3)6-9(11)13/h8,12,14H,4-7H2,1-3H3,(H2,11,13). The van der Waals surface area contributed by atoms with E-state index >= 15 is 0 Å². The Balaban J connectivity index is 3.85. The van der Waals surface area contributed by atoms with Crippen molar-refractivity contribution in [2.24, 2.45) is 5.73 Å². The van der Waals surface area contributed by atoms with Crippen LogP contribution in [-0.2, 0) is 4.79 Å². The Bertz CT molecular complexity index is 179. The van der Waals surface area contributed by atoms with Crippen LogP contribution in [0.15, 0.2) is 0 Å². The largest absolute Gasteiger partial charge is 0.389 e. The van der Waals surface area contributed by atoms with Gasteiger partial charge in [0.05, 0.1) is 5.60 Å². The number of amides is 1. The molecule has 0 aromatic heterocycles. The van der Waals surface area contributed by atoms with E-state index in [1.165, 1.54) is 0 Å². The van der Waals surface area contributed by atoms with Gasteiger partial charge in [-0.25, -0.2) is 0 Å². The Hall–Kier alpha value is -0.610. The second-order valence-electron chi connectivity index (χ2n) is 3.88. The van der Waals surface area contributed by atoms with Gasteiger partial charge in [-0.05, 0) is 19.8 Å². The first-order valence-corrected chi connectivity index (χ1v) is 5.17. The van der Waals surface area contributed by atoms with Crippen molar-refractivity contribution in [3.8, 4) is 0 Å². The van der Waals surface area contributed by atoms with Gasteiger partial charge in [-0.2, -0.15) is 0 Å². The second-order valence-corrected chi connectivity index (χ2v) is 3.88. The van der Waals surface area contributed by atoms with E-state index < -0.39 is 5.60 Å². The zero-order valence-electron chi connectivity index (χ0n) is 9.34. The average Bonchev–Trinajstić information content (AvgIpc) is 2.13. The maximum atomic E-state index is 10.6. The van der Waals surface area contributed by atoms with E-state index in [2.05, 4.69) is 5.32 Å². The number of hydrogen-bond acceptors (Lipinski definition) is 3. The zero-order valence-corrected chi connectivity index (χ0v) is 9.34. The number of carbonyl (C=O) groups excluding carboxylic acids is 1. The first kappa shape index (κ1) is 13.4. The number of nitrogens with two attached hydrogens (primary N) is 1. The Morgan fingerprint density at radius 1 is 1.50 bits per heavy atom. The van der Waals surface area contributed by atoms with Crippen LogP contribution in [0.2, 0.25) is 0 Å². The summed E-state index contributed by atoms with van der Waals surface area (Å²) >= 11 is 0. The van der Waals surface area contributed by atoms with Gasteiger partial charge in [0, 0.05) is 19.0 Å². The molecule has 0 spiro atoms. The maximum absolute atomic E-state index is 10.6. The molecule has 0 saturated heterocycles. The van der Waals surface area contributed by atoms with Gasteiger partial charge in [-0.15, -0.1) is 0 Å². The Morgan fingerprint density at radius 3 is 2.36 bits per heavy atom. The molecular weight excluding hydrogens is 180 g/mol. The second kappa shape index (κ2) is 5.98. The molecule has 84 valence electrons. The summed E-state index contributed by atoms with van der Waals surface area (Å²) in [5, 5.41) is 13.0. The van der Waals surface area contributed by atoms with Crippen molar-refractivity contribution in [1.82, 2.24) is 5.32 Å². The molecule has 1 amide bonds. The highest BCUT2D eigenvalue weighted by Crippen LogP contribution is 2.13. The molecule has 0 fully saturated rings. The van der Waals surface area contributed by atoms with Crippen LogP contribution < -0.4 is 11.1 Å². The summed E-state index contributed by atoms with van der Waals surface area (Å²) < 4.78 is 0. The minimum Gasteiger partial charge on any atom is -0.389 e. The predicted octanol–water partition coefficient (Wildman–Crippen LogP) is 0.391. The molecule has 0 bridgehead atoms. The zero-order chi connectivity index (χ0) is 11.2. The molecule has 1 atom stereocenters. The maximum Gasteiger partial charge on any atom is 0.218 e. The summed E-state index contributed by atoms with van der Waals surface area (Å²) in [6, 6.07) is 0.0251. The summed E-state index contributed by atoms with van der Waals surface area (Å²) in [7, 11) is 0. The predicted molar refractivity (Wildman–Crippen MR) is 56.8 cm³/mol. The lowest BCUT2D eigenvalue weighted by molar-refractivity contribution is -0.118. The van der Waals surface area contributed by atoms with E-state index in [0.29, 0.717) is 25.8 Å². The van der Waals surface area contributed by atoms with Crippen LogP contribution >= 0.6 is 0 Å². The number of primary amides is 1. The van der Waals surface area contributed by atoms with E-state index in [9.17, 15) is 9.90 Å². The fourth-order valence-corrected chi connectivity index (χ4v) is 1.24. The van der Waals surface area contributed by atoms with E-state index in [0.717, 1.165) is 0 Å². The van der Waals surface area contributed by atoms with Crippen molar-refractivity contribution in [3.63, 3.8) is 0 Å². The minimum atomic E-state index is -0.661. The molecule has 0 saturated carbocycles. The van der Waals surface area contributed by atoms with Crippen molar-refractivity contribution < 1.29 is 9.90 Å². The molecule has 4 nitrogen and oxygen atoms in total. The lowest BCUT2D eigenvalue weighted by Gasteiger charge is -2.27. The van der Waals surface area contributed by atoms with Crippen molar-refractivity contribution in [1.29, 1.82) is 0 Å². The molecule has 0 rings (SSSR count). The molecule has 0 heterocycles. The molecule has 4 heteroatoms. The van der Waals surface area contributed by atoms with E-state index in [1.807, 2.05) is 20.8 Å². The first-order chi connectivity index (χ1) is 6.43. The summed E-state index contributed by atoms with van der Waals surface area (Å²) in [4.78, 5) is 10.6.